The highest BCUT2D eigenvalue weighted by atomic mass is 15.4. The van der Waals surface area contributed by atoms with Crippen LogP contribution in [0, 0.1) is 0 Å². The molecule has 7 aromatic carbocycles. The van der Waals surface area contributed by atoms with Gasteiger partial charge in [0.25, 0.3) is 0 Å². The third-order valence-electron chi connectivity index (χ3n) is 8.04. The second-order valence-electron chi connectivity index (χ2n) is 10.8. The largest absolute Gasteiger partial charge is 0.213 e. The Balaban J connectivity index is 1.19. The van der Waals surface area contributed by atoms with Gasteiger partial charge in [0.05, 0.1) is 5.69 Å². The maximum absolute atomic E-state index is 5.11. The van der Waals surface area contributed by atoms with Crippen LogP contribution in [-0.4, -0.2) is 14.8 Å². The Morgan fingerprint density at radius 1 is 0.349 bits per heavy atom. The van der Waals surface area contributed by atoms with E-state index in [2.05, 4.69) is 146 Å². The minimum atomic E-state index is 0.694. The van der Waals surface area contributed by atoms with E-state index in [1.165, 1.54) is 38.2 Å². The summed E-state index contributed by atoms with van der Waals surface area (Å²) >= 11 is 0. The van der Waals surface area contributed by atoms with Gasteiger partial charge in [-0.2, -0.15) is 0 Å². The SMILES string of the molecule is c1ccc(-n2nc(-c3ccc(-c4ccc5ccccc5c4)cc3)nc2-c2cccc(-c3ccc4ccccc4c3)c2)cc1. The third-order valence-corrected chi connectivity index (χ3v) is 8.04. The fourth-order valence-corrected chi connectivity index (χ4v) is 5.76. The Morgan fingerprint density at radius 2 is 0.860 bits per heavy atom. The zero-order valence-electron chi connectivity index (χ0n) is 23.4. The average molecular weight is 550 g/mol. The molecule has 0 unspecified atom stereocenters. The predicted molar refractivity (Wildman–Crippen MR) is 178 cm³/mol. The first-order chi connectivity index (χ1) is 21.3. The monoisotopic (exact) mass is 549 g/mol. The molecule has 0 saturated heterocycles. The molecule has 0 N–H and O–H groups in total. The van der Waals surface area contributed by atoms with Crippen LogP contribution in [-0.2, 0) is 0 Å². The summed E-state index contributed by atoms with van der Waals surface area (Å²) in [5, 5.41) is 9.97. The van der Waals surface area contributed by atoms with E-state index in [4.69, 9.17) is 10.1 Å². The summed E-state index contributed by atoms with van der Waals surface area (Å²) in [5.74, 6) is 1.50. The molecule has 3 heteroatoms. The van der Waals surface area contributed by atoms with Crippen LogP contribution >= 0.6 is 0 Å². The minimum absolute atomic E-state index is 0.694. The van der Waals surface area contributed by atoms with E-state index in [1.807, 2.05) is 22.9 Å². The first-order valence-electron chi connectivity index (χ1n) is 14.5. The van der Waals surface area contributed by atoms with Gasteiger partial charge >= 0.3 is 0 Å². The molecule has 0 bridgehead atoms. The van der Waals surface area contributed by atoms with Gasteiger partial charge in [0.2, 0.25) is 0 Å². The van der Waals surface area contributed by atoms with Crippen LogP contribution < -0.4 is 0 Å². The van der Waals surface area contributed by atoms with Crippen molar-refractivity contribution < 1.29 is 0 Å². The molecule has 0 atom stereocenters. The molecule has 1 aromatic heterocycles. The summed E-state index contributed by atoms with van der Waals surface area (Å²) in [6.45, 7) is 0. The summed E-state index contributed by atoms with van der Waals surface area (Å²) in [6.07, 6.45) is 0. The second-order valence-corrected chi connectivity index (χ2v) is 10.8. The Labute approximate surface area is 250 Å². The second kappa shape index (κ2) is 10.6. The zero-order valence-corrected chi connectivity index (χ0v) is 23.4. The van der Waals surface area contributed by atoms with E-state index >= 15 is 0 Å². The minimum Gasteiger partial charge on any atom is -0.213 e. The number of para-hydroxylation sites is 1. The highest BCUT2D eigenvalue weighted by Gasteiger charge is 2.16. The standard InChI is InChI=1S/C40H27N3/c1-2-15-38(16-3-1)43-40(37-14-8-13-34(27-37)36-24-20-29-10-5-7-12-33(29)26-36)41-39(42-43)31-21-17-30(18-22-31)35-23-19-28-9-4-6-11-32(28)25-35/h1-27H. The summed E-state index contributed by atoms with van der Waals surface area (Å²) in [4.78, 5) is 5.11. The van der Waals surface area contributed by atoms with Crippen LogP contribution in [0.3, 0.4) is 0 Å². The number of fused-ring (bicyclic) bond motifs is 2. The smallest absolute Gasteiger partial charge is 0.182 e. The van der Waals surface area contributed by atoms with Crippen LogP contribution in [0.25, 0.3) is 72.3 Å². The molecule has 0 aliphatic rings. The van der Waals surface area contributed by atoms with Gasteiger partial charge in [0.1, 0.15) is 0 Å². The van der Waals surface area contributed by atoms with Crippen molar-refractivity contribution in [3.63, 3.8) is 0 Å². The predicted octanol–water partition coefficient (Wildman–Crippen LogP) is 10.2. The van der Waals surface area contributed by atoms with Gasteiger partial charge in [0.15, 0.2) is 11.6 Å². The molecule has 202 valence electrons. The number of rotatable bonds is 5. The van der Waals surface area contributed by atoms with E-state index in [9.17, 15) is 0 Å². The van der Waals surface area contributed by atoms with Gasteiger partial charge in [-0.15, -0.1) is 5.10 Å². The van der Waals surface area contributed by atoms with Crippen molar-refractivity contribution in [3.8, 4) is 50.7 Å². The molecule has 0 amide bonds. The first-order valence-corrected chi connectivity index (χ1v) is 14.5. The van der Waals surface area contributed by atoms with E-state index in [0.717, 1.165) is 28.2 Å². The van der Waals surface area contributed by atoms with Crippen LogP contribution in [0.4, 0.5) is 0 Å². The number of aromatic nitrogens is 3. The highest BCUT2D eigenvalue weighted by molar-refractivity contribution is 5.89. The Morgan fingerprint density at radius 3 is 1.53 bits per heavy atom. The van der Waals surface area contributed by atoms with Gasteiger partial charge < -0.3 is 0 Å². The topological polar surface area (TPSA) is 30.7 Å². The van der Waals surface area contributed by atoms with Gasteiger partial charge in [-0.25, -0.2) is 9.67 Å². The summed E-state index contributed by atoms with van der Waals surface area (Å²) in [6, 6.07) is 57.5. The lowest BCUT2D eigenvalue weighted by molar-refractivity contribution is 0.890. The lowest BCUT2D eigenvalue weighted by atomic mass is 9.99. The molecule has 0 aliphatic carbocycles. The van der Waals surface area contributed by atoms with Gasteiger partial charge in [-0.3, -0.25) is 0 Å². The molecule has 8 rings (SSSR count). The summed E-state index contributed by atoms with van der Waals surface area (Å²) in [7, 11) is 0. The van der Waals surface area contributed by atoms with Crippen molar-refractivity contribution >= 4 is 21.5 Å². The molecule has 0 fully saturated rings. The van der Waals surface area contributed by atoms with Crippen LogP contribution in [0.1, 0.15) is 0 Å². The molecule has 0 aliphatic heterocycles. The molecular weight excluding hydrogens is 522 g/mol. The lowest BCUT2D eigenvalue weighted by Crippen LogP contribution is -1.99. The molecule has 43 heavy (non-hydrogen) atoms. The zero-order chi connectivity index (χ0) is 28.6. The molecule has 8 aromatic rings. The normalized spacial score (nSPS) is 11.3. The van der Waals surface area contributed by atoms with Crippen molar-refractivity contribution in [1.29, 1.82) is 0 Å². The maximum Gasteiger partial charge on any atom is 0.182 e. The van der Waals surface area contributed by atoms with Crippen molar-refractivity contribution in [2.45, 2.75) is 0 Å². The third kappa shape index (κ3) is 4.77. The van der Waals surface area contributed by atoms with E-state index in [0.29, 0.717) is 5.82 Å². The quantitative estimate of drug-likeness (QED) is 0.214. The van der Waals surface area contributed by atoms with Crippen molar-refractivity contribution in [3.05, 3.63) is 164 Å². The molecule has 0 saturated carbocycles. The highest BCUT2D eigenvalue weighted by Crippen LogP contribution is 2.32. The summed E-state index contributed by atoms with van der Waals surface area (Å²) < 4.78 is 1.95. The van der Waals surface area contributed by atoms with E-state index in [-0.39, 0.29) is 0 Å². The fraction of sp³-hybridized carbons (Fsp3) is 0. The van der Waals surface area contributed by atoms with Gasteiger partial charge in [-0.05, 0) is 74.1 Å². The molecule has 0 radical (unpaired) electrons. The molecule has 3 nitrogen and oxygen atoms in total. The number of hydrogen-bond donors (Lipinski definition) is 0. The van der Waals surface area contributed by atoms with Gasteiger partial charge in [-0.1, -0.05) is 133 Å². The fourth-order valence-electron chi connectivity index (χ4n) is 5.76. The first kappa shape index (κ1) is 25.0. The van der Waals surface area contributed by atoms with Crippen LogP contribution in [0.2, 0.25) is 0 Å². The van der Waals surface area contributed by atoms with Crippen molar-refractivity contribution in [1.82, 2.24) is 14.8 Å². The van der Waals surface area contributed by atoms with Crippen molar-refractivity contribution in [2.24, 2.45) is 0 Å². The number of nitrogens with zero attached hydrogens (tertiary/aromatic N) is 3. The van der Waals surface area contributed by atoms with E-state index < -0.39 is 0 Å². The summed E-state index contributed by atoms with van der Waals surface area (Å²) in [5.41, 5.74) is 7.65. The molecular formula is C40H27N3. The van der Waals surface area contributed by atoms with Crippen molar-refractivity contribution in [2.75, 3.05) is 0 Å². The Bertz CT molecular complexity index is 2230. The molecule has 0 spiro atoms. The lowest BCUT2D eigenvalue weighted by Gasteiger charge is -2.09. The number of benzene rings is 7. The maximum atomic E-state index is 5.11. The van der Waals surface area contributed by atoms with Crippen LogP contribution in [0.15, 0.2) is 164 Å². The van der Waals surface area contributed by atoms with E-state index in [1.54, 1.807) is 0 Å². The Kier molecular flexibility index (Phi) is 6.12. The average Bonchev–Trinajstić information content (AvgIpc) is 3.54. The number of hydrogen-bond acceptors (Lipinski definition) is 2. The Hall–Kier alpha value is -5.80. The molecule has 1 heterocycles. The van der Waals surface area contributed by atoms with Crippen LogP contribution in [0.5, 0.6) is 0 Å². The van der Waals surface area contributed by atoms with Gasteiger partial charge in [0, 0.05) is 11.1 Å².